The van der Waals surface area contributed by atoms with Crippen molar-refractivity contribution in [1.82, 2.24) is 19.7 Å². The number of pyridine rings is 1. The number of halogens is 1. The van der Waals surface area contributed by atoms with Gasteiger partial charge in [-0.05, 0) is 61.0 Å². The van der Waals surface area contributed by atoms with E-state index in [0.717, 1.165) is 27.8 Å². The molecule has 1 unspecified atom stereocenters. The Bertz CT molecular complexity index is 1050. The van der Waals surface area contributed by atoms with Crippen molar-refractivity contribution in [3.63, 3.8) is 0 Å². The van der Waals surface area contributed by atoms with Gasteiger partial charge in [-0.25, -0.2) is 9.48 Å². The highest BCUT2D eigenvalue weighted by Crippen LogP contribution is 2.29. The fourth-order valence-electron chi connectivity index (χ4n) is 3.06. The average Bonchev–Trinajstić information content (AvgIpc) is 3.06. The first-order valence-corrected chi connectivity index (χ1v) is 10.5. The predicted molar refractivity (Wildman–Crippen MR) is 116 cm³/mol. The van der Waals surface area contributed by atoms with E-state index in [-0.39, 0.29) is 12.3 Å². The zero-order valence-electron chi connectivity index (χ0n) is 17.1. The molecule has 0 spiro atoms. The number of likely N-dealkylation sites (tertiary alicyclic amines) is 1. The molecule has 0 saturated carbocycles. The normalized spacial score (nSPS) is 16.1. The Hall–Kier alpha value is -2.87. The minimum Gasteiger partial charge on any atom is -0.470 e. The minimum absolute atomic E-state index is 0.327. The van der Waals surface area contributed by atoms with Crippen LogP contribution in [-0.2, 0) is 4.74 Å². The lowest BCUT2D eigenvalue weighted by atomic mass is 10.2. The number of rotatable bonds is 4. The number of amides is 1. The lowest BCUT2D eigenvalue weighted by Gasteiger charge is -2.40. The Morgan fingerprint density at radius 1 is 1.20 bits per heavy atom. The van der Waals surface area contributed by atoms with E-state index in [9.17, 15) is 4.79 Å². The molecule has 1 aliphatic heterocycles. The first kappa shape index (κ1) is 20.4. The smallest absolute Gasteiger partial charge is 0.413 e. The monoisotopic (exact) mass is 470 g/mol. The van der Waals surface area contributed by atoms with Crippen molar-refractivity contribution >= 4 is 22.0 Å². The second-order valence-electron chi connectivity index (χ2n) is 8.04. The number of ether oxygens (including phenoxy) is 2. The van der Waals surface area contributed by atoms with Crippen molar-refractivity contribution in [1.29, 1.82) is 0 Å². The molecule has 8 heteroatoms. The molecule has 4 rings (SSSR count). The maximum Gasteiger partial charge on any atom is 0.413 e. The van der Waals surface area contributed by atoms with Gasteiger partial charge >= 0.3 is 6.09 Å². The van der Waals surface area contributed by atoms with E-state index in [1.54, 1.807) is 22.0 Å². The SMILES string of the molecule is CC(C)(C)OC(=O)N1CCC1Oc1cccc(-n2cc(Br)c(-c3ccncc3)n2)c1. The lowest BCUT2D eigenvalue weighted by Crippen LogP contribution is -2.55. The van der Waals surface area contributed by atoms with Crippen LogP contribution in [0.2, 0.25) is 0 Å². The molecule has 1 fully saturated rings. The maximum atomic E-state index is 12.3. The summed E-state index contributed by atoms with van der Waals surface area (Å²) >= 11 is 3.58. The van der Waals surface area contributed by atoms with E-state index < -0.39 is 5.60 Å². The van der Waals surface area contributed by atoms with Gasteiger partial charge in [0.05, 0.1) is 10.2 Å². The van der Waals surface area contributed by atoms with Crippen LogP contribution in [0, 0.1) is 0 Å². The van der Waals surface area contributed by atoms with E-state index >= 15 is 0 Å². The molecule has 2 aromatic heterocycles. The van der Waals surface area contributed by atoms with Crippen molar-refractivity contribution in [2.75, 3.05) is 6.54 Å². The molecule has 156 valence electrons. The number of benzene rings is 1. The number of hydrogen-bond acceptors (Lipinski definition) is 5. The molecule has 3 heterocycles. The second kappa shape index (κ2) is 8.10. The number of hydrogen-bond donors (Lipinski definition) is 0. The largest absolute Gasteiger partial charge is 0.470 e. The molecule has 1 atom stereocenters. The van der Waals surface area contributed by atoms with Gasteiger partial charge in [0.15, 0.2) is 6.23 Å². The van der Waals surface area contributed by atoms with Crippen LogP contribution in [0.1, 0.15) is 27.2 Å². The average molecular weight is 471 g/mol. The molecule has 30 heavy (non-hydrogen) atoms. The summed E-state index contributed by atoms with van der Waals surface area (Å²) in [5.41, 5.74) is 2.14. The molecule has 0 radical (unpaired) electrons. The van der Waals surface area contributed by atoms with Crippen LogP contribution in [0.5, 0.6) is 5.75 Å². The highest BCUT2D eigenvalue weighted by molar-refractivity contribution is 9.10. The zero-order chi connectivity index (χ0) is 21.3. The van der Waals surface area contributed by atoms with E-state index in [0.29, 0.717) is 12.3 Å². The number of aromatic nitrogens is 3. The third-order valence-electron chi connectivity index (χ3n) is 4.57. The molecule has 0 N–H and O–H groups in total. The molecule has 1 aromatic carbocycles. The first-order valence-electron chi connectivity index (χ1n) is 9.72. The maximum absolute atomic E-state index is 12.3. The molecular formula is C22H23BrN4O3. The van der Waals surface area contributed by atoms with Gasteiger partial charge in [-0.15, -0.1) is 0 Å². The predicted octanol–water partition coefficient (Wildman–Crippen LogP) is 5.04. The number of nitrogens with zero attached hydrogens (tertiary/aromatic N) is 4. The Balaban J connectivity index is 1.50. The van der Waals surface area contributed by atoms with Gasteiger partial charge in [0, 0.05) is 43.2 Å². The van der Waals surface area contributed by atoms with Crippen LogP contribution in [0.3, 0.4) is 0 Å². The van der Waals surface area contributed by atoms with Crippen molar-refractivity contribution in [2.45, 2.75) is 39.0 Å². The Morgan fingerprint density at radius 3 is 2.63 bits per heavy atom. The topological polar surface area (TPSA) is 69.5 Å². The van der Waals surface area contributed by atoms with Gasteiger partial charge in [0.25, 0.3) is 0 Å². The Labute approximate surface area is 183 Å². The fourth-order valence-corrected chi connectivity index (χ4v) is 3.56. The molecule has 0 aliphatic carbocycles. The highest BCUT2D eigenvalue weighted by atomic mass is 79.9. The van der Waals surface area contributed by atoms with Gasteiger partial charge in [0.1, 0.15) is 17.0 Å². The number of carbonyl (C=O) groups excluding carboxylic acids is 1. The van der Waals surface area contributed by atoms with Crippen LogP contribution in [0.25, 0.3) is 16.9 Å². The first-order chi connectivity index (χ1) is 14.3. The van der Waals surface area contributed by atoms with E-state index in [1.165, 1.54) is 0 Å². The summed E-state index contributed by atoms with van der Waals surface area (Å²) in [6.07, 6.45) is 5.47. The van der Waals surface area contributed by atoms with Gasteiger partial charge in [-0.2, -0.15) is 5.10 Å². The third kappa shape index (κ3) is 4.48. The van der Waals surface area contributed by atoms with Gasteiger partial charge in [-0.1, -0.05) is 6.07 Å². The van der Waals surface area contributed by atoms with Gasteiger partial charge in [-0.3, -0.25) is 9.88 Å². The number of carbonyl (C=O) groups is 1. The van der Waals surface area contributed by atoms with Crippen LogP contribution in [0.15, 0.2) is 59.5 Å². The third-order valence-corrected chi connectivity index (χ3v) is 5.15. The zero-order valence-corrected chi connectivity index (χ0v) is 18.7. The van der Waals surface area contributed by atoms with Gasteiger partial charge < -0.3 is 9.47 Å². The van der Waals surface area contributed by atoms with E-state index in [4.69, 9.17) is 14.6 Å². The summed E-state index contributed by atoms with van der Waals surface area (Å²) in [5, 5.41) is 4.69. The quantitative estimate of drug-likeness (QED) is 0.533. The summed E-state index contributed by atoms with van der Waals surface area (Å²) in [5.74, 6) is 0.669. The summed E-state index contributed by atoms with van der Waals surface area (Å²) in [6, 6.07) is 11.5. The van der Waals surface area contributed by atoms with E-state index in [1.807, 2.05) is 63.4 Å². The molecule has 7 nitrogen and oxygen atoms in total. The van der Waals surface area contributed by atoms with Crippen molar-refractivity contribution in [3.8, 4) is 22.7 Å². The molecule has 3 aromatic rings. The highest BCUT2D eigenvalue weighted by Gasteiger charge is 2.37. The van der Waals surface area contributed by atoms with Crippen LogP contribution in [-0.4, -0.2) is 44.1 Å². The van der Waals surface area contributed by atoms with Crippen molar-refractivity contribution < 1.29 is 14.3 Å². The lowest BCUT2D eigenvalue weighted by molar-refractivity contribution is -0.0661. The van der Waals surface area contributed by atoms with Crippen LogP contribution < -0.4 is 4.74 Å². The molecule has 1 aliphatic rings. The van der Waals surface area contributed by atoms with Crippen LogP contribution >= 0.6 is 15.9 Å². The fraction of sp³-hybridized carbons (Fsp3) is 0.318. The summed E-state index contributed by atoms with van der Waals surface area (Å²) in [7, 11) is 0. The molecule has 1 saturated heterocycles. The Morgan fingerprint density at radius 2 is 1.97 bits per heavy atom. The molecular weight excluding hydrogens is 448 g/mol. The van der Waals surface area contributed by atoms with Crippen molar-refractivity contribution in [2.24, 2.45) is 0 Å². The Kier molecular flexibility index (Phi) is 5.51. The van der Waals surface area contributed by atoms with Crippen LogP contribution in [0.4, 0.5) is 4.79 Å². The molecule has 1 amide bonds. The minimum atomic E-state index is -0.531. The summed E-state index contributed by atoms with van der Waals surface area (Å²) in [4.78, 5) is 18.0. The second-order valence-corrected chi connectivity index (χ2v) is 8.89. The summed E-state index contributed by atoms with van der Waals surface area (Å²) in [6.45, 7) is 6.19. The van der Waals surface area contributed by atoms with E-state index in [2.05, 4.69) is 20.9 Å². The standard InChI is InChI=1S/C22H23BrN4O3/c1-22(2,3)30-21(28)26-12-9-19(26)29-17-6-4-5-16(13-17)27-14-18(23)20(25-27)15-7-10-24-11-8-15/h4-8,10-11,13-14,19H,9,12H2,1-3H3. The molecule has 0 bridgehead atoms. The van der Waals surface area contributed by atoms with Gasteiger partial charge in [0.2, 0.25) is 0 Å². The van der Waals surface area contributed by atoms with Crippen molar-refractivity contribution in [3.05, 3.63) is 59.5 Å². The summed E-state index contributed by atoms with van der Waals surface area (Å²) < 4.78 is 14.2.